The molecule has 1 aromatic rings. The summed E-state index contributed by atoms with van der Waals surface area (Å²) in [5.74, 6) is 6.65. The van der Waals surface area contributed by atoms with E-state index in [1.807, 2.05) is 18.2 Å². The molecule has 2 rings (SSSR count). The average molecular weight is 359 g/mol. The molecule has 0 aliphatic carbocycles. The Morgan fingerprint density at radius 3 is 2.67 bits per heavy atom. The van der Waals surface area contributed by atoms with Gasteiger partial charge in [-0.1, -0.05) is 15.9 Å². The molecule has 0 bridgehead atoms. The van der Waals surface area contributed by atoms with Crippen LogP contribution in [0.5, 0.6) is 5.75 Å². The van der Waals surface area contributed by atoms with Crippen molar-refractivity contribution in [2.24, 2.45) is 5.84 Å². The predicted octanol–water partition coefficient (Wildman–Crippen LogP) is 2.03. The molecule has 0 aromatic heterocycles. The molecule has 1 aliphatic rings. The first kappa shape index (κ1) is 16.7. The highest BCUT2D eigenvalue weighted by Crippen LogP contribution is 2.32. The largest absolute Gasteiger partial charge is 0.497 e. The molecule has 1 aliphatic heterocycles. The summed E-state index contributed by atoms with van der Waals surface area (Å²) in [6.07, 6.45) is 2.42. The maximum atomic E-state index is 5.83. The van der Waals surface area contributed by atoms with Gasteiger partial charge in [0.15, 0.2) is 0 Å². The van der Waals surface area contributed by atoms with Gasteiger partial charge in [-0.2, -0.15) is 0 Å². The van der Waals surface area contributed by atoms with Crippen molar-refractivity contribution < 1.29 is 14.2 Å². The van der Waals surface area contributed by atoms with E-state index in [9.17, 15) is 0 Å². The number of benzene rings is 1. The number of halogens is 1. The molecule has 3 N–H and O–H groups in total. The second-order valence-corrected chi connectivity index (χ2v) is 6.12. The fourth-order valence-electron chi connectivity index (χ4n) is 2.86. The first-order valence-corrected chi connectivity index (χ1v) is 7.86. The third-order valence-corrected chi connectivity index (χ3v) is 5.03. The van der Waals surface area contributed by atoms with Gasteiger partial charge in [-0.05, 0) is 30.2 Å². The number of nitrogens with one attached hydrogen (secondary N) is 1. The molecule has 21 heavy (non-hydrogen) atoms. The van der Waals surface area contributed by atoms with Crippen LogP contribution < -0.4 is 16.0 Å². The summed E-state index contributed by atoms with van der Waals surface area (Å²) >= 11 is 3.59. The summed E-state index contributed by atoms with van der Waals surface area (Å²) in [7, 11) is 3.41. The number of hydrazine groups is 1. The molecule has 1 unspecified atom stereocenters. The zero-order chi connectivity index (χ0) is 15.3. The Kier molecular flexibility index (Phi) is 6.01. The van der Waals surface area contributed by atoms with E-state index in [1.54, 1.807) is 14.2 Å². The molecule has 5 nitrogen and oxygen atoms in total. The van der Waals surface area contributed by atoms with Crippen molar-refractivity contribution in [2.75, 3.05) is 27.4 Å². The van der Waals surface area contributed by atoms with E-state index in [2.05, 4.69) is 21.4 Å². The Morgan fingerprint density at radius 1 is 1.38 bits per heavy atom. The molecule has 0 spiro atoms. The van der Waals surface area contributed by atoms with E-state index in [0.717, 1.165) is 35.0 Å². The molecule has 1 atom stereocenters. The van der Waals surface area contributed by atoms with Crippen molar-refractivity contribution in [1.82, 2.24) is 5.43 Å². The first-order valence-electron chi connectivity index (χ1n) is 7.06. The fourth-order valence-corrected chi connectivity index (χ4v) is 3.27. The summed E-state index contributed by atoms with van der Waals surface area (Å²) in [6, 6.07) is 5.95. The zero-order valence-corrected chi connectivity index (χ0v) is 14.1. The maximum absolute atomic E-state index is 5.83. The van der Waals surface area contributed by atoms with Crippen LogP contribution in [0.2, 0.25) is 0 Å². The molecule has 1 heterocycles. The van der Waals surface area contributed by atoms with Gasteiger partial charge in [0, 0.05) is 37.6 Å². The van der Waals surface area contributed by atoms with Gasteiger partial charge < -0.3 is 14.2 Å². The van der Waals surface area contributed by atoms with Gasteiger partial charge >= 0.3 is 0 Å². The lowest BCUT2D eigenvalue weighted by Crippen LogP contribution is -2.58. The standard InChI is InChI=1S/C15H23BrN2O3/c1-19-12-3-4-13(16)11(9-12)10-14(18-17)15(20-2)5-7-21-8-6-15/h3-4,9,14,18H,5-8,10,17H2,1-2H3. The quantitative estimate of drug-likeness (QED) is 0.601. The third-order valence-electron chi connectivity index (χ3n) is 4.26. The van der Waals surface area contributed by atoms with Crippen molar-refractivity contribution in [3.8, 4) is 5.75 Å². The van der Waals surface area contributed by atoms with Gasteiger partial charge in [-0.25, -0.2) is 0 Å². The Labute approximate surface area is 134 Å². The highest BCUT2D eigenvalue weighted by molar-refractivity contribution is 9.10. The summed E-state index contributed by atoms with van der Waals surface area (Å²) in [4.78, 5) is 0. The van der Waals surface area contributed by atoms with Gasteiger partial charge in [0.2, 0.25) is 0 Å². The Balaban J connectivity index is 2.21. The lowest BCUT2D eigenvalue weighted by molar-refractivity contribution is -0.110. The molecular weight excluding hydrogens is 336 g/mol. The van der Waals surface area contributed by atoms with E-state index < -0.39 is 0 Å². The van der Waals surface area contributed by atoms with Crippen molar-refractivity contribution in [3.63, 3.8) is 0 Å². The first-order chi connectivity index (χ1) is 10.1. The van der Waals surface area contributed by atoms with Crippen LogP contribution in [-0.4, -0.2) is 39.1 Å². The van der Waals surface area contributed by atoms with E-state index in [-0.39, 0.29) is 11.6 Å². The number of hydrogen-bond acceptors (Lipinski definition) is 5. The third kappa shape index (κ3) is 3.76. The summed E-state index contributed by atoms with van der Waals surface area (Å²) in [5, 5.41) is 0. The van der Waals surface area contributed by atoms with Gasteiger partial charge in [0.25, 0.3) is 0 Å². The monoisotopic (exact) mass is 358 g/mol. The molecule has 0 saturated carbocycles. The minimum absolute atomic E-state index is 0.00908. The van der Waals surface area contributed by atoms with E-state index >= 15 is 0 Å². The van der Waals surface area contributed by atoms with E-state index in [4.69, 9.17) is 20.1 Å². The lowest BCUT2D eigenvalue weighted by Gasteiger charge is -2.42. The molecule has 0 radical (unpaired) electrons. The number of rotatable bonds is 6. The molecule has 118 valence electrons. The summed E-state index contributed by atoms with van der Waals surface area (Å²) in [6.45, 7) is 1.40. The summed E-state index contributed by atoms with van der Waals surface area (Å²) in [5.41, 5.74) is 3.78. The Bertz CT molecular complexity index is 464. The van der Waals surface area contributed by atoms with Crippen LogP contribution in [0.3, 0.4) is 0 Å². The van der Waals surface area contributed by atoms with Crippen LogP contribution in [0.4, 0.5) is 0 Å². The smallest absolute Gasteiger partial charge is 0.119 e. The van der Waals surface area contributed by atoms with Crippen LogP contribution >= 0.6 is 15.9 Å². The van der Waals surface area contributed by atoms with Crippen molar-refractivity contribution in [3.05, 3.63) is 28.2 Å². The van der Waals surface area contributed by atoms with Crippen molar-refractivity contribution >= 4 is 15.9 Å². The second-order valence-electron chi connectivity index (χ2n) is 5.26. The van der Waals surface area contributed by atoms with Gasteiger partial charge in [-0.15, -0.1) is 0 Å². The fraction of sp³-hybridized carbons (Fsp3) is 0.600. The minimum Gasteiger partial charge on any atom is -0.497 e. The topological polar surface area (TPSA) is 65.7 Å². The lowest BCUT2D eigenvalue weighted by atomic mass is 9.83. The van der Waals surface area contributed by atoms with E-state index in [0.29, 0.717) is 13.2 Å². The van der Waals surface area contributed by atoms with Crippen LogP contribution in [-0.2, 0) is 15.9 Å². The van der Waals surface area contributed by atoms with Crippen LogP contribution in [0, 0.1) is 0 Å². The number of nitrogens with two attached hydrogens (primary N) is 1. The molecule has 1 aromatic carbocycles. The highest BCUT2D eigenvalue weighted by atomic mass is 79.9. The Morgan fingerprint density at radius 2 is 2.10 bits per heavy atom. The zero-order valence-electron chi connectivity index (χ0n) is 12.5. The van der Waals surface area contributed by atoms with Crippen molar-refractivity contribution in [1.29, 1.82) is 0 Å². The average Bonchev–Trinajstić information content (AvgIpc) is 2.54. The second kappa shape index (κ2) is 7.56. The van der Waals surface area contributed by atoms with Crippen molar-refractivity contribution in [2.45, 2.75) is 30.9 Å². The molecular formula is C15H23BrN2O3. The SMILES string of the molecule is COc1ccc(Br)c(CC(NN)C2(OC)CCOCC2)c1. The van der Waals surface area contributed by atoms with Gasteiger partial charge in [0.1, 0.15) is 5.75 Å². The highest BCUT2D eigenvalue weighted by Gasteiger charge is 2.40. The Hall–Kier alpha value is -0.660. The predicted molar refractivity (Wildman–Crippen MR) is 85.3 cm³/mol. The maximum Gasteiger partial charge on any atom is 0.119 e. The molecule has 1 saturated heterocycles. The molecule has 6 heteroatoms. The van der Waals surface area contributed by atoms with Crippen LogP contribution in [0.1, 0.15) is 18.4 Å². The van der Waals surface area contributed by atoms with Crippen LogP contribution in [0.25, 0.3) is 0 Å². The number of ether oxygens (including phenoxy) is 3. The number of hydrogen-bond donors (Lipinski definition) is 2. The minimum atomic E-state index is -0.296. The molecule has 0 amide bonds. The number of methoxy groups -OCH3 is 2. The normalized spacial score (nSPS) is 19.2. The van der Waals surface area contributed by atoms with Gasteiger partial charge in [-0.3, -0.25) is 11.3 Å². The molecule has 1 fully saturated rings. The summed E-state index contributed by atoms with van der Waals surface area (Å²) < 4.78 is 17.6. The van der Waals surface area contributed by atoms with Gasteiger partial charge in [0.05, 0.1) is 18.8 Å². The van der Waals surface area contributed by atoms with E-state index in [1.165, 1.54) is 0 Å². The van der Waals surface area contributed by atoms with Crippen LogP contribution in [0.15, 0.2) is 22.7 Å².